The fraction of sp³-hybridized carbons (Fsp3) is 0.333. The zero-order valence-electron chi connectivity index (χ0n) is 15.0. The van der Waals surface area contributed by atoms with E-state index in [2.05, 4.69) is 5.32 Å². The van der Waals surface area contributed by atoms with Gasteiger partial charge in [0.1, 0.15) is 5.75 Å². The second-order valence-electron chi connectivity index (χ2n) is 6.40. The van der Waals surface area contributed by atoms with E-state index >= 15 is 0 Å². The zero-order chi connectivity index (χ0) is 18.4. The first-order valence-electron chi connectivity index (χ1n) is 8.98. The third kappa shape index (κ3) is 4.23. The fourth-order valence-electron chi connectivity index (χ4n) is 3.22. The van der Waals surface area contributed by atoms with Gasteiger partial charge in [0.2, 0.25) is 0 Å². The second kappa shape index (κ2) is 8.52. The number of nitrogens with one attached hydrogen (secondary N) is 1. The molecule has 0 saturated carbocycles. The van der Waals surface area contributed by atoms with Gasteiger partial charge in [-0.3, -0.25) is 9.59 Å². The lowest BCUT2D eigenvalue weighted by atomic mass is 10.1. The van der Waals surface area contributed by atoms with Crippen LogP contribution in [-0.2, 0) is 6.42 Å². The molecule has 1 heterocycles. The van der Waals surface area contributed by atoms with Gasteiger partial charge in [0.05, 0.1) is 7.11 Å². The van der Waals surface area contributed by atoms with E-state index < -0.39 is 0 Å². The van der Waals surface area contributed by atoms with Crippen molar-refractivity contribution in [3.8, 4) is 5.75 Å². The van der Waals surface area contributed by atoms with E-state index in [0.29, 0.717) is 24.1 Å². The summed E-state index contributed by atoms with van der Waals surface area (Å²) in [4.78, 5) is 26.7. The van der Waals surface area contributed by atoms with Gasteiger partial charge in [-0.15, -0.1) is 0 Å². The lowest BCUT2D eigenvalue weighted by Gasteiger charge is -2.15. The van der Waals surface area contributed by atoms with Gasteiger partial charge >= 0.3 is 0 Å². The predicted octanol–water partition coefficient (Wildman–Crippen LogP) is 2.90. The number of methoxy groups -OCH3 is 1. The number of benzene rings is 2. The van der Waals surface area contributed by atoms with Gasteiger partial charge in [-0.2, -0.15) is 0 Å². The molecular formula is C21H24N2O3. The third-order valence-corrected chi connectivity index (χ3v) is 4.64. The van der Waals surface area contributed by atoms with Gasteiger partial charge in [0.25, 0.3) is 11.8 Å². The van der Waals surface area contributed by atoms with Gasteiger partial charge in [0.15, 0.2) is 0 Å². The van der Waals surface area contributed by atoms with Gasteiger partial charge in [-0.1, -0.05) is 24.3 Å². The third-order valence-electron chi connectivity index (χ3n) is 4.64. The van der Waals surface area contributed by atoms with Crippen molar-refractivity contribution in [2.45, 2.75) is 19.3 Å². The molecule has 136 valence electrons. The molecule has 1 aliphatic heterocycles. The molecule has 0 spiro atoms. The first kappa shape index (κ1) is 18.0. The molecule has 3 rings (SSSR count). The monoisotopic (exact) mass is 352 g/mol. The molecule has 1 aliphatic rings. The Bertz CT molecular complexity index is 782. The molecule has 0 unspecified atom stereocenters. The highest BCUT2D eigenvalue weighted by Gasteiger charge is 2.20. The molecule has 1 fully saturated rings. The largest absolute Gasteiger partial charge is 0.496 e. The molecular weight excluding hydrogens is 328 g/mol. The van der Waals surface area contributed by atoms with E-state index in [4.69, 9.17) is 4.74 Å². The van der Waals surface area contributed by atoms with Crippen LogP contribution in [-0.4, -0.2) is 43.5 Å². The maximum atomic E-state index is 12.5. The van der Waals surface area contributed by atoms with Gasteiger partial charge in [-0.05, 0) is 49.1 Å². The van der Waals surface area contributed by atoms with E-state index in [1.165, 1.54) is 0 Å². The number of likely N-dealkylation sites (tertiary alicyclic amines) is 1. The molecule has 2 amide bonds. The highest BCUT2D eigenvalue weighted by molar-refractivity contribution is 5.99. The first-order chi connectivity index (χ1) is 12.7. The number of carbonyl (C=O) groups is 2. The number of amides is 2. The lowest BCUT2D eigenvalue weighted by molar-refractivity contribution is 0.0793. The predicted molar refractivity (Wildman–Crippen MR) is 101 cm³/mol. The number of carbonyl (C=O) groups excluding carboxylic acids is 2. The molecule has 2 aromatic rings. The van der Waals surface area contributed by atoms with E-state index in [-0.39, 0.29) is 11.8 Å². The summed E-state index contributed by atoms with van der Waals surface area (Å²) in [6.45, 7) is 2.10. The zero-order valence-corrected chi connectivity index (χ0v) is 15.0. The summed E-state index contributed by atoms with van der Waals surface area (Å²) in [5, 5.41) is 2.92. The molecule has 0 aliphatic carbocycles. The van der Waals surface area contributed by atoms with Gasteiger partial charge in [0, 0.05) is 30.8 Å². The quantitative estimate of drug-likeness (QED) is 0.870. The minimum Gasteiger partial charge on any atom is -0.496 e. The van der Waals surface area contributed by atoms with Crippen LogP contribution in [0.2, 0.25) is 0 Å². The number of nitrogens with zero attached hydrogens (tertiary/aromatic N) is 1. The summed E-state index contributed by atoms with van der Waals surface area (Å²) >= 11 is 0. The Kier molecular flexibility index (Phi) is 5.89. The number of hydrogen-bond acceptors (Lipinski definition) is 3. The molecule has 5 nitrogen and oxygen atoms in total. The van der Waals surface area contributed by atoms with Crippen LogP contribution in [0.3, 0.4) is 0 Å². The van der Waals surface area contributed by atoms with Crippen molar-refractivity contribution in [2.24, 2.45) is 0 Å². The van der Waals surface area contributed by atoms with Crippen LogP contribution in [0.1, 0.15) is 39.1 Å². The molecule has 0 atom stereocenters. The smallest absolute Gasteiger partial charge is 0.253 e. The molecule has 0 bridgehead atoms. The summed E-state index contributed by atoms with van der Waals surface area (Å²) in [6, 6.07) is 14.7. The summed E-state index contributed by atoms with van der Waals surface area (Å²) < 4.78 is 5.32. The number of para-hydroxylation sites is 1. The molecule has 5 heteroatoms. The number of hydrogen-bond donors (Lipinski definition) is 1. The van der Waals surface area contributed by atoms with Crippen molar-refractivity contribution < 1.29 is 14.3 Å². The van der Waals surface area contributed by atoms with Crippen LogP contribution < -0.4 is 10.1 Å². The molecule has 1 saturated heterocycles. The Morgan fingerprint density at radius 1 is 1.04 bits per heavy atom. The van der Waals surface area contributed by atoms with Crippen molar-refractivity contribution in [2.75, 3.05) is 26.7 Å². The maximum absolute atomic E-state index is 12.5. The summed E-state index contributed by atoms with van der Waals surface area (Å²) in [5.74, 6) is 0.655. The van der Waals surface area contributed by atoms with Crippen molar-refractivity contribution in [3.05, 3.63) is 65.2 Å². The average Bonchev–Trinajstić information content (AvgIpc) is 3.22. The van der Waals surface area contributed by atoms with Crippen LogP contribution in [0, 0.1) is 0 Å². The van der Waals surface area contributed by atoms with Gasteiger partial charge < -0.3 is 15.0 Å². The fourth-order valence-corrected chi connectivity index (χ4v) is 3.22. The van der Waals surface area contributed by atoms with Crippen LogP contribution in [0.15, 0.2) is 48.5 Å². The van der Waals surface area contributed by atoms with E-state index in [1.54, 1.807) is 31.4 Å². The highest BCUT2D eigenvalue weighted by atomic mass is 16.5. The van der Waals surface area contributed by atoms with E-state index in [1.807, 2.05) is 29.2 Å². The Morgan fingerprint density at radius 2 is 1.77 bits per heavy atom. The van der Waals surface area contributed by atoms with Crippen LogP contribution >= 0.6 is 0 Å². The standard InChI is InChI=1S/C21H24N2O3/c1-26-19-10-3-2-7-16(19)11-12-22-20(24)17-8-6-9-18(15-17)21(25)23-13-4-5-14-23/h2-3,6-10,15H,4-5,11-14H2,1H3,(H,22,24). The lowest BCUT2D eigenvalue weighted by Crippen LogP contribution is -2.29. The van der Waals surface area contributed by atoms with Crippen molar-refractivity contribution >= 4 is 11.8 Å². The molecule has 1 N–H and O–H groups in total. The first-order valence-corrected chi connectivity index (χ1v) is 8.98. The highest BCUT2D eigenvalue weighted by Crippen LogP contribution is 2.17. The Balaban J connectivity index is 1.59. The molecule has 0 aromatic heterocycles. The van der Waals surface area contributed by atoms with Gasteiger partial charge in [-0.25, -0.2) is 0 Å². The van der Waals surface area contributed by atoms with Crippen molar-refractivity contribution in [1.29, 1.82) is 0 Å². The van der Waals surface area contributed by atoms with Crippen LogP contribution in [0.25, 0.3) is 0 Å². The molecule has 0 radical (unpaired) electrons. The molecule has 2 aromatic carbocycles. The summed E-state index contributed by atoms with van der Waals surface area (Å²) in [5.41, 5.74) is 2.13. The minimum atomic E-state index is -0.170. The summed E-state index contributed by atoms with van der Waals surface area (Å²) in [7, 11) is 1.64. The summed E-state index contributed by atoms with van der Waals surface area (Å²) in [6.07, 6.45) is 2.78. The Labute approximate surface area is 154 Å². The van der Waals surface area contributed by atoms with E-state index in [0.717, 1.165) is 37.2 Å². The number of rotatable bonds is 6. The Morgan fingerprint density at radius 3 is 2.54 bits per heavy atom. The van der Waals surface area contributed by atoms with Crippen molar-refractivity contribution in [3.63, 3.8) is 0 Å². The SMILES string of the molecule is COc1ccccc1CCNC(=O)c1cccc(C(=O)N2CCCC2)c1. The number of ether oxygens (including phenoxy) is 1. The average molecular weight is 352 g/mol. The van der Waals surface area contributed by atoms with Crippen LogP contribution in [0.4, 0.5) is 0 Å². The normalized spacial score (nSPS) is 13.5. The second-order valence-corrected chi connectivity index (χ2v) is 6.40. The minimum absolute atomic E-state index is 0.00571. The van der Waals surface area contributed by atoms with E-state index in [9.17, 15) is 9.59 Å². The van der Waals surface area contributed by atoms with Crippen LogP contribution in [0.5, 0.6) is 5.75 Å². The maximum Gasteiger partial charge on any atom is 0.253 e. The van der Waals surface area contributed by atoms with Crippen molar-refractivity contribution in [1.82, 2.24) is 10.2 Å². The topological polar surface area (TPSA) is 58.6 Å². The molecule has 26 heavy (non-hydrogen) atoms. The Hall–Kier alpha value is -2.82.